The third kappa shape index (κ3) is 3.31. The first kappa shape index (κ1) is 16.5. The van der Waals surface area contributed by atoms with Crippen LogP contribution in [-0.2, 0) is 6.18 Å². The molecule has 0 radical (unpaired) electrons. The van der Waals surface area contributed by atoms with Crippen molar-refractivity contribution in [1.29, 1.82) is 5.26 Å². The lowest BCUT2D eigenvalue weighted by Gasteiger charge is -2.12. The van der Waals surface area contributed by atoms with E-state index in [0.717, 1.165) is 17.7 Å². The van der Waals surface area contributed by atoms with Gasteiger partial charge >= 0.3 is 6.18 Å². The first-order valence-corrected chi connectivity index (χ1v) is 7.34. The quantitative estimate of drug-likeness (QED) is 0.723. The van der Waals surface area contributed by atoms with Crippen molar-refractivity contribution in [2.75, 3.05) is 5.73 Å². The molecule has 0 aliphatic carbocycles. The second-order valence-corrected chi connectivity index (χ2v) is 5.37. The van der Waals surface area contributed by atoms with Crippen LogP contribution in [0.5, 0.6) is 0 Å². The molecule has 0 unspecified atom stereocenters. The molecule has 0 fully saturated rings. The lowest BCUT2D eigenvalue weighted by molar-refractivity contribution is -0.137. The van der Waals surface area contributed by atoms with Crippen LogP contribution in [0.15, 0.2) is 60.7 Å². The molecule has 0 saturated heterocycles. The lowest BCUT2D eigenvalue weighted by Crippen LogP contribution is -2.05. The Bertz CT molecular complexity index is 958. The predicted octanol–water partition coefficient (Wildman–Crippen LogP) is 4.89. The molecule has 0 saturated carbocycles. The fourth-order valence-corrected chi connectivity index (χ4v) is 2.53. The van der Waals surface area contributed by atoms with Gasteiger partial charge in [-0.2, -0.15) is 18.4 Å². The summed E-state index contributed by atoms with van der Waals surface area (Å²) in [6, 6.07) is 17.4. The van der Waals surface area contributed by atoms with Gasteiger partial charge in [-0.3, -0.25) is 0 Å². The number of rotatable bonds is 2. The van der Waals surface area contributed by atoms with Crippen LogP contribution in [0.2, 0.25) is 0 Å². The molecule has 2 N–H and O–H groups in total. The fourth-order valence-electron chi connectivity index (χ4n) is 2.53. The topological polar surface area (TPSA) is 62.7 Å². The van der Waals surface area contributed by atoms with E-state index in [2.05, 4.69) is 4.98 Å². The highest BCUT2D eigenvalue weighted by Crippen LogP contribution is 2.35. The van der Waals surface area contributed by atoms with Crippen molar-refractivity contribution in [1.82, 2.24) is 4.98 Å². The van der Waals surface area contributed by atoms with Crippen molar-refractivity contribution in [3.8, 4) is 28.5 Å². The summed E-state index contributed by atoms with van der Waals surface area (Å²) in [5, 5.41) is 9.36. The zero-order valence-corrected chi connectivity index (χ0v) is 12.9. The molecule has 0 spiro atoms. The highest BCUT2D eigenvalue weighted by Gasteiger charge is 2.30. The molecule has 0 atom stereocenters. The van der Waals surface area contributed by atoms with Gasteiger partial charge in [-0.1, -0.05) is 42.5 Å². The normalized spacial score (nSPS) is 11.1. The summed E-state index contributed by atoms with van der Waals surface area (Å²) in [7, 11) is 0. The van der Waals surface area contributed by atoms with Crippen molar-refractivity contribution < 1.29 is 13.2 Å². The van der Waals surface area contributed by atoms with Gasteiger partial charge in [0.2, 0.25) is 0 Å². The summed E-state index contributed by atoms with van der Waals surface area (Å²) in [6.07, 6.45) is -4.47. The molecule has 3 rings (SSSR count). The number of nitriles is 1. The molecule has 3 aromatic rings. The maximum atomic E-state index is 13.0. The number of hydrogen-bond donors (Lipinski definition) is 1. The average molecular weight is 339 g/mol. The van der Waals surface area contributed by atoms with Crippen molar-refractivity contribution >= 4 is 5.82 Å². The molecular formula is C19H12F3N3. The van der Waals surface area contributed by atoms with Crippen LogP contribution in [0.1, 0.15) is 11.1 Å². The smallest absolute Gasteiger partial charge is 0.383 e. The van der Waals surface area contributed by atoms with Gasteiger partial charge in [0.25, 0.3) is 0 Å². The molecule has 1 aromatic heterocycles. The monoisotopic (exact) mass is 339 g/mol. The van der Waals surface area contributed by atoms with Gasteiger partial charge in [0.05, 0.1) is 11.3 Å². The van der Waals surface area contributed by atoms with E-state index >= 15 is 0 Å². The second-order valence-electron chi connectivity index (χ2n) is 5.37. The summed E-state index contributed by atoms with van der Waals surface area (Å²) >= 11 is 0. The standard InChI is InChI=1S/C19H12F3N3/c20-19(21,22)14-8-4-7-13(9-14)15-10-17(12-5-2-1-3-6-12)25-18(24)16(15)11-23/h1-10H,(H2,24,25). The number of nitrogens with two attached hydrogens (primary N) is 1. The number of hydrogen-bond acceptors (Lipinski definition) is 3. The maximum absolute atomic E-state index is 13.0. The molecule has 0 bridgehead atoms. The predicted molar refractivity (Wildman–Crippen MR) is 89.2 cm³/mol. The molecule has 3 nitrogen and oxygen atoms in total. The fraction of sp³-hybridized carbons (Fsp3) is 0.0526. The molecule has 124 valence electrons. The number of halogens is 3. The number of benzene rings is 2. The van der Waals surface area contributed by atoms with E-state index in [1.165, 1.54) is 12.1 Å². The minimum atomic E-state index is -4.47. The summed E-state index contributed by atoms with van der Waals surface area (Å²) in [5.41, 5.74) is 6.97. The molecule has 0 amide bonds. The number of anilines is 1. The van der Waals surface area contributed by atoms with Gasteiger partial charge in [0, 0.05) is 11.1 Å². The number of aromatic nitrogens is 1. The molecule has 25 heavy (non-hydrogen) atoms. The number of pyridine rings is 1. The molecule has 6 heteroatoms. The van der Waals surface area contributed by atoms with E-state index in [4.69, 9.17) is 5.73 Å². The van der Waals surface area contributed by atoms with E-state index in [1.807, 2.05) is 36.4 Å². The van der Waals surface area contributed by atoms with Crippen LogP contribution in [0.25, 0.3) is 22.4 Å². The summed E-state index contributed by atoms with van der Waals surface area (Å²) in [4.78, 5) is 4.20. The van der Waals surface area contributed by atoms with Crippen LogP contribution in [0.4, 0.5) is 19.0 Å². The molecular weight excluding hydrogens is 327 g/mol. The Balaban J connectivity index is 2.22. The van der Waals surface area contributed by atoms with Crippen LogP contribution < -0.4 is 5.73 Å². The minimum absolute atomic E-state index is 0.0173. The van der Waals surface area contributed by atoms with E-state index in [-0.39, 0.29) is 16.9 Å². The van der Waals surface area contributed by atoms with Crippen LogP contribution in [-0.4, -0.2) is 4.98 Å². The zero-order valence-electron chi connectivity index (χ0n) is 12.9. The lowest BCUT2D eigenvalue weighted by atomic mass is 9.97. The molecule has 0 aliphatic rings. The van der Waals surface area contributed by atoms with Gasteiger partial charge < -0.3 is 5.73 Å². The Morgan fingerprint density at radius 3 is 2.24 bits per heavy atom. The Morgan fingerprint density at radius 1 is 0.920 bits per heavy atom. The molecule has 0 aliphatic heterocycles. The SMILES string of the molecule is N#Cc1c(-c2cccc(C(F)(F)F)c2)cc(-c2ccccc2)nc1N. The largest absolute Gasteiger partial charge is 0.416 e. The zero-order chi connectivity index (χ0) is 18.0. The highest BCUT2D eigenvalue weighted by molar-refractivity contribution is 5.80. The van der Waals surface area contributed by atoms with E-state index in [9.17, 15) is 18.4 Å². The Kier molecular flexibility index (Phi) is 4.15. The number of nitrogens with zero attached hydrogens (tertiary/aromatic N) is 2. The van der Waals surface area contributed by atoms with Crippen LogP contribution >= 0.6 is 0 Å². The summed E-state index contributed by atoms with van der Waals surface area (Å²) in [6.45, 7) is 0. The Morgan fingerprint density at radius 2 is 1.60 bits per heavy atom. The Labute approximate surface area is 142 Å². The van der Waals surface area contributed by atoms with Gasteiger partial charge in [-0.15, -0.1) is 0 Å². The van der Waals surface area contributed by atoms with Gasteiger partial charge in [-0.25, -0.2) is 4.98 Å². The minimum Gasteiger partial charge on any atom is -0.383 e. The van der Waals surface area contributed by atoms with E-state index in [1.54, 1.807) is 6.07 Å². The number of alkyl halides is 3. The highest BCUT2D eigenvalue weighted by atomic mass is 19.4. The van der Waals surface area contributed by atoms with Gasteiger partial charge in [0.1, 0.15) is 17.5 Å². The summed E-state index contributed by atoms with van der Waals surface area (Å²) < 4.78 is 39.0. The third-order valence-electron chi connectivity index (χ3n) is 3.73. The van der Waals surface area contributed by atoms with Crippen molar-refractivity contribution in [3.05, 3.63) is 71.8 Å². The summed E-state index contributed by atoms with van der Waals surface area (Å²) in [5.74, 6) is -0.0173. The van der Waals surface area contributed by atoms with Crippen molar-refractivity contribution in [2.24, 2.45) is 0 Å². The average Bonchev–Trinajstić information content (AvgIpc) is 2.61. The van der Waals surface area contributed by atoms with Crippen molar-refractivity contribution in [2.45, 2.75) is 6.18 Å². The van der Waals surface area contributed by atoms with E-state index < -0.39 is 11.7 Å². The van der Waals surface area contributed by atoms with E-state index in [0.29, 0.717) is 11.3 Å². The molecule has 2 aromatic carbocycles. The van der Waals surface area contributed by atoms with Gasteiger partial charge in [-0.05, 0) is 23.8 Å². The maximum Gasteiger partial charge on any atom is 0.416 e. The number of nitrogen functional groups attached to an aromatic ring is 1. The third-order valence-corrected chi connectivity index (χ3v) is 3.73. The van der Waals surface area contributed by atoms with Crippen LogP contribution in [0, 0.1) is 11.3 Å². The molecule has 1 heterocycles. The second kappa shape index (κ2) is 6.29. The van der Waals surface area contributed by atoms with Crippen molar-refractivity contribution in [3.63, 3.8) is 0 Å². The van der Waals surface area contributed by atoms with Gasteiger partial charge in [0.15, 0.2) is 0 Å². The first-order valence-electron chi connectivity index (χ1n) is 7.34. The Hall–Kier alpha value is -3.33. The van der Waals surface area contributed by atoms with Crippen LogP contribution in [0.3, 0.4) is 0 Å². The first-order chi connectivity index (χ1) is 11.9.